The van der Waals surface area contributed by atoms with Gasteiger partial charge in [-0.1, -0.05) is 48.5 Å². The van der Waals surface area contributed by atoms with Gasteiger partial charge in [0.1, 0.15) is 11.8 Å². The average Bonchev–Trinajstić information content (AvgIpc) is 3.75. The molecule has 0 radical (unpaired) electrons. The van der Waals surface area contributed by atoms with Crippen LogP contribution in [-0.2, 0) is 33.9 Å². The van der Waals surface area contributed by atoms with Crippen LogP contribution >= 0.6 is 0 Å². The molecule has 1 unspecified atom stereocenters. The molecular weight excluding hydrogens is 731 g/mol. The molecular formula is C47H47N5O6. The van der Waals surface area contributed by atoms with Crippen LogP contribution in [0.1, 0.15) is 111 Å². The second-order valence-corrected chi connectivity index (χ2v) is 17.1. The highest BCUT2D eigenvalue weighted by atomic mass is 16.3. The number of nitrogens with zero attached hydrogens (tertiary/aromatic N) is 3. The number of hydrogen-bond donors (Lipinski definition) is 3. The van der Waals surface area contributed by atoms with E-state index in [-0.39, 0.29) is 36.6 Å². The van der Waals surface area contributed by atoms with E-state index in [0.29, 0.717) is 41.9 Å². The number of carbonyl (C=O) groups is 5. The molecule has 11 heteroatoms. The van der Waals surface area contributed by atoms with Gasteiger partial charge in [-0.05, 0) is 121 Å². The molecule has 0 aromatic heterocycles. The standard InChI is InChI=1S/C47H47N5O6/c53-36-15-17-38-30(20-36)10-16-37(27-4-2-1-3-5-27)43(38)28-6-11-35(12-7-28)51-25-33(26-51)48-44(55)29-8-13-34(14-9-29)50-23-31-21-39-40(22-32(31)24-50)47(58)52(46(39)57)41-18-19-42(54)49-45(41)56/h1-7,11-12,15,17,20-22,29,33-34,37,41,43,53H,8-10,13-14,16,18-19,23-26H2,(H,48,55)(H,49,54,56)/t29?,34?,37-,41?,43+/m1/s1. The minimum Gasteiger partial charge on any atom is -0.508 e. The number of fused-ring (bicyclic) bond motifs is 3. The van der Waals surface area contributed by atoms with E-state index in [1.807, 2.05) is 24.3 Å². The molecule has 0 spiro atoms. The smallest absolute Gasteiger partial charge is 0.262 e. The highest BCUT2D eigenvalue weighted by Crippen LogP contribution is 2.47. The lowest BCUT2D eigenvalue weighted by atomic mass is 9.69. The largest absolute Gasteiger partial charge is 0.508 e. The highest BCUT2D eigenvalue weighted by molar-refractivity contribution is 6.23. The van der Waals surface area contributed by atoms with Crippen LogP contribution in [0.5, 0.6) is 5.75 Å². The maximum atomic E-state index is 13.4. The number of anilines is 1. The summed E-state index contributed by atoms with van der Waals surface area (Å²) in [6, 6.07) is 28.6. The van der Waals surface area contributed by atoms with Gasteiger partial charge in [0.25, 0.3) is 11.8 Å². The van der Waals surface area contributed by atoms with Crippen molar-refractivity contribution >= 4 is 35.2 Å². The Hall–Kier alpha value is -5.81. The summed E-state index contributed by atoms with van der Waals surface area (Å²) in [5.74, 6) is -0.928. The molecule has 2 aliphatic carbocycles. The summed E-state index contributed by atoms with van der Waals surface area (Å²) in [6.45, 7) is 2.92. The van der Waals surface area contributed by atoms with E-state index in [1.165, 1.54) is 22.3 Å². The number of rotatable bonds is 7. The van der Waals surface area contributed by atoms with Gasteiger partial charge in [0, 0.05) is 56.2 Å². The topological polar surface area (TPSA) is 139 Å². The van der Waals surface area contributed by atoms with Crippen molar-refractivity contribution in [3.05, 3.63) is 129 Å². The monoisotopic (exact) mass is 777 g/mol. The number of aromatic hydroxyl groups is 1. The summed E-state index contributed by atoms with van der Waals surface area (Å²) in [5.41, 5.74) is 8.98. The molecule has 6 aliphatic rings. The fourth-order valence-electron chi connectivity index (χ4n) is 10.6. The lowest BCUT2D eigenvalue weighted by molar-refractivity contribution is -0.136. The number of amides is 5. The number of nitrogens with one attached hydrogen (secondary N) is 2. The second-order valence-electron chi connectivity index (χ2n) is 17.1. The van der Waals surface area contributed by atoms with Crippen LogP contribution in [0.15, 0.2) is 84.9 Å². The molecule has 5 amide bonds. The van der Waals surface area contributed by atoms with Crippen molar-refractivity contribution in [2.75, 3.05) is 18.0 Å². The van der Waals surface area contributed by atoms with E-state index in [0.717, 1.165) is 73.3 Å². The Labute approximate surface area is 337 Å². The zero-order chi connectivity index (χ0) is 39.7. The van der Waals surface area contributed by atoms with Crippen molar-refractivity contribution in [1.82, 2.24) is 20.4 Å². The zero-order valence-electron chi connectivity index (χ0n) is 32.4. The molecule has 2 saturated heterocycles. The third-order valence-corrected chi connectivity index (χ3v) is 13.8. The van der Waals surface area contributed by atoms with Gasteiger partial charge in [0.15, 0.2) is 0 Å². The maximum absolute atomic E-state index is 13.4. The molecule has 4 aromatic carbocycles. The Kier molecular flexibility index (Phi) is 9.15. The fourth-order valence-corrected chi connectivity index (χ4v) is 10.6. The van der Waals surface area contributed by atoms with Gasteiger partial charge in [-0.25, -0.2) is 0 Å². The summed E-state index contributed by atoms with van der Waals surface area (Å²) in [4.78, 5) is 70.0. The number of aryl methyl sites for hydroxylation is 1. The van der Waals surface area contributed by atoms with Crippen molar-refractivity contribution in [2.45, 2.75) is 94.4 Å². The minimum atomic E-state index is -0.970. The molecule has 4 heterocycles. The van der Waals surface area contributed by atoms with E-state index in [4.69, 9.17) is 0 Å². The highest BCUT2D eigenvalue weighted by Gasteiger charge is 2.46. The first-order valence-corrected chi connectivity index (χ1v) is 20.8. The lowest BCUT2D eigenvalue weighted by Gasteiger charge is -2.42. The summed E-state index contributed by atoms with van der Waals surface area (Å²) in [6.07, 6.45) is 5.67. The molecule has 0 bridgehead atoms. The van der Waals surface area contributed by atoms with Crippen LogP contribution in [0.3, 0.4) is 0 Å². The average molecular weight is 778 g/mol. The van der Waals surface area contributed by atoms with Crippen LogP contribution in [0, 0.1) is 5.92 Å². The van der Waals surface area contributed by atoms with Gasteiger partial charge < -0.3 is 15.3 Å². The molecule has 3 atom stereocenters. The van der Waals surface area contributed by atoms with Crippen molar-refractivity contribution in [3.8, 4) is 5.75 Å². The molecule has 3 N–H and O–H groups in total. The quantitative estimate of drug-likeness (QED) is 0.208. The summed E-state index contributed by atoms with van der Waals surface area (Å²) in [7, 11) is 0. The van der Waals surface area contributed by atoms with Crippen LogP contribution in [0.25, 0.3) is 0 Å². The minimum absolute atomic E-state index is 0.00952. The number of carbonyl (C=O) groups excluding carboxylic acids is 5. The molecule has 4 aromatic rings. The van der Waals surface area contributed by atoms with Crippen molar-refractivity contribution in [2.24, 2.45) is 5.92 Å². The Bertz CT molecular complexity index is 2290. The summed E-state index contributed by atoms with van der Waals surface area (Å²) >= 11 is 0. The molecule has 3 fully saturated rings. The molecule has 10 rings (SSSR count). The maximum Gasteiger partial charge on any atom is 0.262 e. The number of phenols is 1. The molecule has 1 saturated carbocycles. The Morgan fingerprint density at radius 1 is 0.707 bits per heavy atom. The van der Waals surface area contributed by atoms with E-state index in [2.05, 4.69) is 81.1 Å². The number of piperidine rings is 1. The van der Waals surface area contributed by atoms with Crippen molar-refractivity contribution in [1.29, 1.82) is 0 Å². The Morgan fingerprint density at radius 2 is 1.40 bits per heavy atom. The first kappa shape index (κ1) is 36.5. The molecule has 58 heavy (non-hydrogen) atoms. The zero-order valence-corrected chi connectivity index (χ0v) is 32.4. The van der Waals surface area contributed by atoms with Gasteiger partial charge >= 0.3 is 0 Å². The van der Waals surface area contributed by atoms with Gasteiger partial charge in [-0.2, -0.15) is 0 Å². The van der Waals surface area contributed by atoms with Crippen LogP contribution in [0.2, 0.25) is 0 Å². The van der Waals surface area contributed by atoms with Crippen LogP contribution in [0.4, 0.5) is 5.69 Å². The van der Waals surface area contributed by atoms with E-state index >= 15 is 0 Å². The van der Waals surface area contributed by atoms with E-state index < -0.39 is 29.7 Å². The normalized spacial score (nSPS) is 25.8. The summed E-state index contributed by atoms with van der Waals surface area (Å²) in [5, 5.41) is 15.8. The van der Waals surface area contributed by atoms with Gasteiger partial charge in [-0.15, -0.1) is 0 Å². The third-order valence-electron chi connectivity index (χ3n) is 13.8. The van der Waals surface area contributed by atoms with Crippen molar-refractivity contribution in [3.63, 3.8) is 0 Å². The third kappa shape index (κ3) is 6.45. The number of benzene rings is 4. The van der Waals surface area contributed by atoms with Gasteiger partial charge in [-0.3, -0.25) is 39.1 Å². The predicted molar refractivity (Wildman–Crippen MR) is 216 cm³/mol. The van der Waals surface area contributed by atoms with Gasteiger partial charge in [0.05, 0.1) is 17.2 Å². The van der Waals surface area contributed by atoms with Crippen molar-refractivity contribution < 1.29 is 29.1 Å². The second kappa shape index (κ2) is 14.5. The molecule has 296 valence electrons. The predicted octanol–water partition coefficient (Wildman–Crippen LogP) is 5.53. The van der Waals surface area contributed by atoms with Crippen LogP contribution in [-0.4, -0.2) is 75.7 Å². The Balaban J connectivity index is 0.716. The summed E-state index contributed by atoms with van der Waals surface area (Å²) < 4.78 is 0. The molecule has 4 aliphatic heterocycles. The Morgan fingerprint density at radius 3 is 2.07 bits per heavy atom. The first-order chi connectivity index (χ1) is 28.2. The number of hydrogen-bond acceptors (Lipinski definition) is 8. The fraction of sp³-hybridized carbons (Fsp3) is 0.383. The van der Waals surface area contributed by atoms with E-state index in [1.54, 1.807) is 0 Å². The van der Waals surface area contributed by atoms with Crippen LogP contribution < -0.4 is 15.5 Å². The number of imide groups is 2. The van der Waals surface area contributed by atoms with E-state index in [9.17, 15) is 29.1 Å². The SMILES string of the molecule is O=C1CCC(N2C(=O)c3cc4c(cc3C2=O)CN(C2CCC(C(=O)NC3CN(c5ccc([C@@H]6c7ccc(O)cc7CC[C@@H]6c6ccccc6)cc5)C3)CC2)C4)C(=O)N1. The first-order valence-electron chi connectivity index (χ1n) is 20.8. The number of phenolic OH excluding ortho intramolecular Hbond substituents is 1. The lowest BCUT2D eigenvalue weighted by Crippen LogP contribution is -2.60. The van der Waals surface area contributed by atoms with Gasteiger partial charge in [0.2, 0.25) is 17.7 Å². The molecule has 11 nitrogen and oxygen atoms in total.